The van der Waals surface area contributed by atoms with Crippen LogP contribution in [0, 0.1) is 16.7 Å². The second-order valence-electron chi connectivity index (χ2n) is 5.07. The summed E-state index contributed by atoms with van der Waals surface area (Å²) < 4.78 is 0. The molecule has 1 rings (SSSR count). The van der Waals surface area contributed by atoms with Gasteiger partial charge >= 0.3 is 0 Å². The number of carbonyl (C=O) groups is 1. The van der Waals surface area contributed by atoms with Crippen LogP contribution < -0.4 is 5.32 Å². The lowest BCUT2D eigenvalue weighted by molar-refractivity contribution is -0.128. The Morgan fingerprint density at radius 1 is 1.24 bits per heavy atom. The Morgan fingerprint density at radius 3 is 2.41 bits per heavy atom. The molecule has 0 aromatic rings. The molecule has 0 bridgehead atoms. The molecule has 0 unspecified atom stereocenters. The molecule has 17 heavy (non-hydrogen) atoms. The van der Waals surface area contributed by atoms with E-state index in [0.29, 0.717) is 0 Å². The van der Waals surface area contributed by atoms with Gasteiger partial charge in [-0.15, -0.1) is 0 Å². The second-order valence-corrected chi connectivity index (χ2v) is 5.07. The fraction of sp³-hybridized carbons (Fsp3) is 0.857. The Labute approximate surface area is 105 Å². The summed E-state index contributed by atoms with van der Waals surface area (Å²) >= 11 is 0. The van der Waals surface area contributed by atoms with Gasteiger partial charge in [-0.3, -0.25) is 4.79 Å². The third-order valence-electron chi connectivity index (χ3n) is 3.67. The van der Waals surface area contributed by atoms with Crippen LogP contribution in [0.5, 0.6) is 0 Å². The van der Waals surface area contributed by atoms with Gasteiger partial charge in [-0.1, -0.05) is 45.4 Å². The first-order valence-electron chi connectivity index (χ1n) is 6.95. The minimum absolute atomic E-state index is 0.0296. The van der Waals surface area contributed by atoms with Gasteiger partial charge in [0, 0.05) is 6.54 Å². The smallest absolute Gasteiger partial charge is 0.240 e. The highest BCUT2D eigenvalue weighted by molar-refractivity contribution is 5.85. The molecule has 1 fully saturated rings. The third kappa shape index (κ3) is 4.03. The van der Waals surface area contributed by atoms with E-state index in [1.807, 2.05) is 0 Å². The maximum Gasteiger partial charge on any atom is 0.240 e. The van der Waals surface area contributed by atoms with Crippen LogP contribution in [0.4, 0.5) is 0 Å². The molecular weight excluding hydrogens is 212 g/mol. The Bertz CT molecular complexity index is 272. The molecule has 1 amide bonds. The Balaban J connectivity index is 2.47. The standard InChI is InChI=1S/C14H24N2O/c1-2-3-8-11-16-13(17)14(12-15)9-6-4-5-7-10-14/h2-11H2,1H3,(H,16,17). The van der Waals surface area contributed by atoms with Crippen molar-refractivity contribution in [1.82, 2.24) is 5.32 Å². The number of nitrogens with one attached hydrogen (secondary N) is 1. The van der Waals surface area contributed by atoms with Crippen LogP contribution in [0.15, 0.2) is 0 Å². The number of nitrogens with zero attached hydrogens (tertiary/aromatic N) is 1. The van der Waals surface area contributed by atoms with Crippen LogP contribution in [-0.2, 0) is 4.79 Å². The normalized spacial score (nSPS) is 19.1. The van der Waals surface area contributed by atoms with Crippen LogP contribution in [0.2, 0.25) is 0 Å². The van der Waals surface area contributed by atoms with Gasteiger partial charge in [-0.2, -0.15) is 5.26 Å². The quantitative estimate of drug-likeness (QED) is 0.589. The molecule has 3 nitrogen and oxygen atoms in total. The Morgan fingerprint density at radius 2 is 1.88 bits per heavy atom. The molecule has 0 heterocycles. The molecule has 96 valence electrons. The van der Waals surface area contributed by atoms with Crippen molar-refractivity contribution in [1.29, 1.82) is 5.26 Å². The maximum atomic E-state index is 12.1. The van der Waals surface area contributed by atoms with E-state index >= 15 is 0 Å². The van der Waals surface area contributed by atoms with Crippen molar-refractivity contribution in [2.75, 3.05) is 6.54 Å². The van der Waals surface area contributed by atoms with Crippen LogP contribution in [0.1, 0.15) is 64.7 Å². The average Bonchev–Trinajstić information content (AvgIpc) is 2.60. The number of hydrogen-bond acceptors (Lipinski definition) is 2. The largest absolute Gasteiger partial charge is 0.355 e. The summed E-state index contributed by atoms with van der Waals surface area (Å²) in [6.45, 7) is 2.86. The lowest BCUT2D eigenvalue weighted by atomic mass is 9.81. The SMILES string of the molecule is CCCCCNC(=O)C1(C#N)CCCCCC1. The van der Waals surface area contributed by atoms with E-state index in [9.17, 15) is 10.1 Å². The van der Waals surface area contributed by atoms with Crippen LogP contribution in [0.3, 0.4) is 0 Å². The van der Waals surface area contributed by atoms with Gasteiger partial charge in [0.2, 0.25) is 5.91 Å². The number of nitriles is 1. The first kappa shape index (κ1) is 14.0. The van der Waals surface area contributed by atoms with Gasteiger partial charge in [0.15, 0.2) is 0 Å². The molecular formula is C14H24N2O. The van der Waals surface area contributed by atoms with Gasteiger partial charge in [0.05, 0.1) is 6.07 Å². The molecule has 3 heteroatoms. The summed E-state index contributed by atoms with van der Waals surface area (Å²) in [5.41, 5.74) is -0.733. The number of unbranched alkanes of at least 4 members (excludes halogenated alkanes) is 2. The number of amides is 1. The van der Waals surface area contributed by atoms with E-state index < -0.39 is 5.41 Å². The Hall–Kier alpha value is -1.04. The fourth-order valence-electron chi connectivity index (χ4n) is 2.47. The van der Waals surface area contributed by atoms with Crippen molar-refractivity contribution in [3.63, 3.8) is 0 Å². The number of rotatable bonds is 5. The zero-order valence-electron chi connectivity index (χ0n) is 10.9. The highest BCUT2D eigenvalue weighted by Gasteiger charge is 2.38. The summed E-state index contributed by atoms with van der Waals surface area (Å²) in [5, 5.41) is 12.3. The summed E-state index contributed by atoms with van der Waals surface area (Å²) in [5.74, 6) is -0.0296. The molecule has 1 saturated carbocycles. The molecule has 0 aliphatic heterocycles. The predicted octanol–water partition coefficient (Wildman–Crippen LogP) is 3.16. The molecule has 1 aliphatic rings. The van der Waals surface area contributed by atoms with Crippen molar-refractivity contribution in [3.05, 3.63) is 0 Å². The predicted molar refractivity (Wildman–Crippen MR) is 68.3 cm³/mol. The molecule has 0 spiro atoms. The number of hydrogen-bond donors (Lipinski definition) is 1. The molecule has 0 radical (unpaired) electrons. The molecule has 0 atom stereocenters. The highest BCUT2D eigenvalue weighted by Crippen LogP contribution is 2.34. The zero-order valence-corrected chi connectivity index (χ0v) is 10.9. The lowest BCUT2D eigenvalue weighted by Gasteiger charge is -2.23. The van der Waals surface area contributed by atoms with E-state index in [4.69, 9.17) is 0 Å². The first-order valence-corrected chi connectivity index (χ1v) is 6.95. The van der Waals surface area contributed by atoms with Gasteiger partial charge < -0.3 is 5.32 Å². The van der Waals surface area contributed by atoms with Crippen molar-refractivity contribution in [2.24, 2.45) is 5.41 Å². The van der Waals surface area contributed by atoms with Crippen molar-refractivity contribution in [2.45, 2.75) is 64.7 Å². The third-order valence-corrected chi connectivity index (χ3v) is 3.67. The number of carbonyl (C=O) groups excluding carboxylic acids is 1. The fourth-order valence-corrected chi connectivity index (χ4v) is 2.47. The maximum absolute atomic E-state index is 12.1. The minimum Gasteiger partial charge on any atom is -0.355 e. The van der Waals surface area contributed by atoms with E-state index in [2.05, 4.69) is 18.3 Å². The van der Waals surface area contributed by atoms with E-state index in [-0.39, 0.29) is 5.91 Å². The molecule has 1 aliphatic carbocycles. The van der Waals surface area contributed by atoms with E-state index in [0.717, 1.165) is 64.3 Å². The zero-order chi connectivity index (χ0) is 12.6. The van der Waals surface area contributed by atoms with Crippen LogP contribution in [0.25, 0.3) is 0 Å². The monoisotopic (exact) mass is 236 g/mol. The van der Waals surface area contributed by atoms with Crippen molar-refractivity contribution >= 4 is 5.91 Å². The summed E-state index contributed by atoms with van der Waals surface area (Å²) in [4.78, 5) is 12.1. The Kier molecular flexibility index (Phi) is 6.04. The summed E-state index contributed by atoms with van der Waals surface area (Å²) in [6, 6.07) is 2.29. The van der Waals surface area contributed by atoms with E-state index in [1.54, 1.807) is 0 Å². The summed E-state index contributed by atoms with van der Waals surface area (Å²) in [6.07, 6.45) is 9.13. The van der Waals surface area contributed by atoms with Gasteiger partial charge in [0.25, 0.3) is 0 Å². The van der Waals surface area contributed by atoms with Crippen LogP contribution in [-0.4, -0.2) is 12.5 Å². The summed E-state index contributed by atoms with van der Waals surface area (Å²) in [7, 11) is 0. The molecule has 0 aromatic heterocycles. The second kappa shape index (κ2) is 7.32. The average molecular weight is 236 g/mol. The van der Waals surface area contributed by atoms with Gasteiger partial charge in [0.1, 0.15) is 5.41 Å². The molecule has 1 N–H and O–H groups in total. The minimum atomic E-state index is -0.733. The lowest BCUT2D eigenvalue weighted by Crippen LogP contribution is -2.40. The highest BCUT2D eigenvalue weighted by atomic mass is 16.2. The van der Waals surface area contributed by atoms with Gasteiger partial charge in [-0.25, -0.2) is 0 Å². The van der Waals surface area contributed by atoms with E-state index in [1.165, 1.54) is 0 Å². The van der Waals surface area contributed by atoms with Crippen LogP contribution >= 0.6 is 0 Å². The van der Waals surface area contributed by atoms with Crippen molar-refractivity contribution in [3.8, 4) is 6.07 Å². The topological polar surface area (TPSA) is 52.9 Å². The van der Waals surface area contributed by atoms with Gasteiger partial charge in [-0.05, 0) is 19.3 Å². The molecule has 0 aromatic carbocycles. The molecule has 0 saturated heterocycles. The first-order chi connectivity index (χ1) is 8.25. The van der Waals surface area contributed by atoms with Crippen molar-refractivity contribution < 1.29 is 4.79 Å².